The third kappa shape index (κ3) is 4.55. The maximum atomic E-state index is 6.12. The summed E-state index contributed by atoms with van der Waals surface area (Å²) in [6, 6.07) is 13.0. The highest BCUT2D eigenvalue weighted by molar-refractivity contribution is 7.80. The van der Waals surface area contributed by atoms with Gasteiger partial charge in [0.2, 0.25) is 0 Å². The van der Waals surface area contributed by atoms with Crippen molar-refractivity contribution in [3.05, 3.63) is 53.2 Å². The average molecular weight is 418 g/mol. The molecule has 1 heterocycles. The zero-order valence-electron chi connectivity index (χ0n) is 15.7. The van der Waals surface area contributed by atoms with Crippen LogP contribution in [-0.4, -0.2) is 24.5 Å². The maximum absolute atomic E-state index is 6.12. The standard InChI is InChI=1S/C20H20ClN3O3S/c1-4-26-17-7-5-6-13-10-18(27-19(13)17)12(2)23-24-20(28)22-14-8-9-16(25-3)15(21)11-14/h5-11H,4H2,1-3H3,(H2,22,24,28)/b23-12+. The van der Waals surface area contributed by atoms with Crippen molar-refractivity contribution in [1.29, 1.82) is 0 Å². The van der Waals surface area contributed by atoms with Crippen LogP contribution in [0.4, 0.5) is 5.69 Å². The molecule has 0 unspecified atom stereocenters. The number of para-hydroxylation sites is 1. The summed E-state index contributed by atoms with van der Waals surface area (Å²) < 4.78 is 16.6. The van der Waals surface area contributed by atoms with Crippen molar-refractivity contribution < 1.29 is 13.9 Å². The first-order chi connectivity index (χ1) is 13.5. The Kier molecular flexibility index (Phi) is 6.38. The summed E-state index contributed by atoms with van der Waals surface area (Å²) in [6.07, 6.45) is 0. The van der Waals surface area contributed by atoms with E-state index < -0.39 is 0 Å². The Hall–Kier alpha value is -2.77. The van der Waals surface area contributed by atoms with Gasteiger partial charge in [0.05, 0.1) is 18.7 Å². The van der Waals surface area contributed by atoms with E-state index in [1.807, 2.05) is 44.2 Å². The number of furan rings is 1. The lowest BCUT2D eigenvalue weighted by molar-refractivity contribution is 0.338. The number of hydrazone groups is 1. The van der Waals surface area contributed by atoms with E-state index in [0.717, 1.165) is 11.1 Å². The van der Waals surface area contributed by atoms with Crippen molar-refractivity contribution in [1.82, 2.24) is 5.43 Å². The Balaban J connectivity index is 1.70. The first-order valence-corrected chi connectivity index (χ1v) is 9.41. The van der Waals surface area contributed by atoms with Gasteiger partial charge in [-0.3, -0.25) is 5.43 Å². The molecule has 146 valence electrons. The summed E-state index contributed by atoms with van der Waals surface area (Å²) in [6.45, 7) is 4.33. The van der Waals surface area contributed by atoms with E-state index in [2.05, 4.69) is 15.8 Å². The number of hydrogen-bond donors (Lipinski definition) is 2. The molecule has 0 aliphatic rings. The molecule has 3 rings (SSSR count). The SMILES string of the molecule is CCOc1cccc2cc(/C(C)=N/NC(=S)Nc3ccc(OC)c(Cl)c3)oc12. The van der Waals surface area contributed by atoms with Gasteiger partial charge in [0.15, 0.2) is 22.2 Å². The second-order valence-electron chi connectivity index (χ2n) is 5.83. The first-order valence-electron chi connectivity index (χ1n) is 8.62. The van der Waals surface area contributed by atoms with Gasteiger partial charge in [-0.1, -0.05) is 23.7 Å². The minimum Gasteiger partial charge on any atom is -0.495 e. The Bertz CT molecular complexity index is 1030. The molecule has 3 aromatic rings. The molecular weight excluding hydrogens is 398 g/mol. The molecule has 8 heteroatoms. The van der Waals surface area contributed by atoms with E-state index in [0.29, 0.717) is 45.3 Å². The number of fused-ring (bicyclic) bond motifs is 1. The molecule has 0 fully saturated rings. The van der Waals surface area contributed by atoms with Gasteiger partial charge < -0.3 is 19.2 Å². The number of nitrogens with one attached hydrogen (secondary N) is 2. The molecule has 1 aromatic heterocycles. The number of methoxy groups -OCH3 is 1. The second kappa shape index (κ2) is 8.95. The van der Waals surface area contributed by atoms with E-state index >= 15 is 0 Å². The van der Waals surface area contributed by atoms with Crippen LogP contribution in [0.3, 0.4) is 0 Å². The highest BCUT2D eigenvalue weighted by Crippen LogP contribution is 2.29. The van der Waals surface area contributed by atoms with Gasteiger partial charge in [-0.05, 0) is 56.4 Å². The molecule has 0 saturated carbocycles. The Morgan fingerprint density at radius 1 is 1.21 bits per heavy atom. The van der Waals surface area contributed by atoms with Crippen molar-refractivity contribution >= 4 is 51.3 Å². The normalized spacial score (nSPS) is 11.4. The van der Waals surface area contributed by atoms with Crippen LogP contribution in [0.1, 0.15) is 19.6 Å². The number of rotatable bonds is 6. The van der Waals surface area contributed by atoms with Gasteiger partial charge in [0.1, 0.15) is 11.5 Å². The van der Waals surface area contributed by atoms with E-state index in [4.69, 9.17) is 37.7 Å². The van der Waals surface area contributed by atoms with Gasteiger partial charge in [0, 0.05) is 11.1 Å². The summed E-state index contributed by atoms with van der Waals surface area (Å²) in [5.41, 5.74) is 4.87. The lowest BCUT2D eigenvalue weighted by Gasteiger charge is -2.09. The van der Waals surface area contributed by atoms with Gasteiger partial charge in [-0.15, -0.1) is 0 Å². The van der Waals surface area contributed by atoms with E-state index in [-0.39, 0.29) is 0 Å². The molecule has 0 atom stereocenters. The van der Waals surface area contributed by atoms with Crippen LogP contribution in [-0.2, 0) is 0 Å². The first kappa shape index (κ1) is 20.0. The number of hydrogen-bond acceptors (Lipinski definition) is 5. The van der Waals surface area contributed by atoms with Gasteiger partial charge in [0.25, 0.3) is 0 Å². The molecule has 28 heavy (non-hydrogen) atoms. The zero-order valence-corrected chi connectivity index (χ0v) is 17.3. The number of anilines is 1. The monoisotopic (exact) mass is 417 g/mol. The minimum atomic E-state index is 0.326. The van der Waals surface area contributed by atoms with Crippen molar-refractivity contribution in [2.75, 3.05) is 19.0 Å². The number of ether oxygens (including phenoxy) is 2. The number of thiocarbonyl (C=S) groups is 1. The fraction of sp³-hybridized carbons (Fsp3) is 0.200. The quantitative estimate of drug-likeness (QED) is 0.326. The van der Waals surface area contributed by atoms with E-state index in [1.54, 1.807) is 19.2 Å². The van der Waals surface area contributed by atoms with Crippen molar-refractivity contribution in [3.63, 3.8) is 0 Å². The average Bonchev–Trinajstić information content (AvgIpc) is 3.12. The van der Waals surface area contributed by atoms with Crippen molar-refractivity contribution in [3.8, 4) is 11.5 Å². The lowest BCUT2D eigenvalue weighted by atomic mass is 10.2. The molecule has 0 aliphatic heterocycles. The molecular formula is C20H20ClN3O3S. The molecule has 0 radical (unpaired) electrons. The van der Waals surface area contributed by atoms with Gasteiger partial charge >= 0.3 is 0 Å². The molecule has 0 aliphatic carbocycles. The number of halogens is 1. The summed E-state index contributed by atoms with van der Waals surface area (Å²) in [7, 11) is 1.56. The van der Waals surface area contributed by atoms with Crippen LogP contribution in [0.15, 0.2) is 52.0 Å². The number of benzene rings is 2. The van der Waals surface area contributed by atoms with Crippen molar-refractivity contribution in [2.45, 2.75) is 13.8 Å². The predicted octanol–water partition coefficient (Wildman–Crippen LogP) is 5.20. The van der Waals surface area contributed by atoms with Crippen LogP contribution < -0.4 is 20.2 Å². The predicted molar refractivity (Wildman–Crippen MR) is 117 cm³/mol. The zero-order chi connectivity index (χ0) is 20.1. The maximum Gasteiger partial charge on any atom is 0.191 e. The van der Waals surface area contributed by atoms with Crippen LogP contribution >= 0.6 is 23.8 Å². The molecule has 2 N–H and O–H groups in total. The summed E-state index contributed by atoms with van der Waals surface area (Å²) in [5.74, 6) is 1.93. The third-order valence-corrected chi connectivity index (χ3v) is 4.39. The molecule has 0 bridgehead atoms. The summed E-state index contributed by atoms with van der Waals surface area (Å²) in [4.78, 5) is 0. The van der Waals surface area contributed by atoms with E-state index in [1.165, 1.54) is 0 Å². The largest absolute Gasteiger partial charge is 0.495 e. The minimum absolute atomic E-state index is 0.326. The third-order valence-electron chi connectivity index (χ3n) is 3.90. The fourth-order valence-electron chi connectivity index (χ4n) is 2.58. The Morgan fingerprint density at radius 3 is 2.75 bits per heavy atom. The molecule has 2 aromatic carbocycles. The summed E-state index contributed by atoms with van der Waals surface area (Å²) in [5, 5.41) is 9.07. The second-order valence-corrected chi connectivity index (χ2v) is 6.65. The van der Waals surface area contributed by atoms with E-state index in [9.17, 15) is 0 Å². The Labute approximate surface area is 173 Å². The fourth-order valence-corrected chi connectivity index (χ4v) is 3.00. The van der Waals surface area contributed by atoms with Crippen LogP contribution in [0.2, 0.25) is 5.02 Å². The van der Waals surface area contributed by atoms with Gasteiger partial charge in [-0.2, -0.15) is 5.10 Å². The molecule has 0 saturated heterocycles. The van der Waals surface area contributed by atoms with Crippen molar-refractivity contribution in [2.24, 2.45) is 5.10 Å². The Morgan fingerprint density at radius 2 is 2.04 bits per heavy atom. The number of nitrogens with zero attached hydrogens (tertiary/aromatic N) is 1. The summed E-state index contributed by atoms with van der Waals surface area (Å²) >= 11 is 11.4. The topological polar surface area (TPSA) is 68.0 Å². The van der Waals surface area contributed by atoms with Crippen LogP contribution in [0.25, 0.3) is 11.0 Å². The van der Waals surface area contributed by atoms with Gasteiger partial charge in [-0.25, -0.2) is 0 Å². The van der Waals surface area contributed by atoms with Crippen LogP contribution in [0.5, 0.6) is 11.5 Å². The lowest BCUT2D eigenvalue weighted by Crippen LogP contribution is -2.24. The molecule has 0 amide bonds. The van der Waals surface area contributed by atoms with Crippen LogP contribution in [0, 0.1) is 0 Å². The highest BCUT2D eigenvalue weighted by atomic mass is 35.5. The molecule has 6 nitrogen and oxygen atoms in total. The molecule has 0 spiro atoms. The smallest absolute Gasteiger partial charge is 0.191 e. The highest BCUT2D eigenvalue weighted by Gasteiger charge is 2.11.